The molecule has 1 atom stereocenters. The zero-order chi connectivity index (χ0) is 31.8. The number of rotatable bonds is 10. The SMILES string of the molecule is CCOCn1ccnc1-c1ccnc(-n2ccc3cc(N(C(C(=O)O)C(C)(C)C)S(=O)(=O)c4cc(Cl)cc(Cl)c4)ccc32)c1. The third-order valence-corrected chi connectivity index (χ3v) is 9.22. The quantitative estimate of drug-likeness (QED) is 0.174. The molecule has 5 rings (SSSR count). The van der Waals surface area contributed by atoms with Gasteiger partial charge in [0.25, 0.3) is 10.0 Å². The first kappa shape index (κ1) is 31.5. The van der Waals surface area contributed by atoms with Crippen molar-refractivity contribution in [3.05, 3.63) is 89.4 Å². The van der Waals surface area contributed by atoms with Crippen LogP contribution in [0.1, 0.15) is 27.7 Å². The number of nitrogens with zero attached hydrogens (tertiary/aromatic N) is 5. The Balaban J connectivity index is 1.61. The van der Waals surface area contributed by atoms with Crippen molar-refractivity contribution >= 4 is 55.8 Å². The van der Waals surface area contributed by atoms with Crippen LogP contribution in [0.15, 0.2) is 84.3 Å². The van der Waals surface area contributed by atoms with Gasteiger partial charge in [-0.3, -0.25) is 4.31 Å². The van der Waals surface area contributed by atoms with Crippen LogP contribution < -0.4 is 4.31 Å². The van der Waals surface area contributed by atoms with Gasteiger partial charge in [-0.2, -0.15) is 0 Å². The highest BCUT2D eigenvalue weighted by atomic mass is 35.5. The number of aliphatic carboxylic acids is 1. The van der Waals surface area contributed by atoms with E-state index in [1.165, 1.54) is 18.2 Å². The fourth-order valence-electron chi connectivity index (χ4n) is 5.06. The third-order valence-electron chi connectivity index (χ3n) is 7.01. The molecular formula is C31H31Cl2N5O5S. The molecule has 0 radical (unpaired) electrons. The van der Waals surface area contributed by atoms with Crippen LogP contribution in [0, 0.1) is 5.41 Å². The lowest BCUT2D eigenvalue weighted by atomic mass is 9.86. The van der Waals surface area contributed by atoms with Gasteiger partial charge in [0.2, 0.25) is 0 Å². The summed E-state index contributed by atoms with van der Waals surface area (Å²) in [6, 6.07) is 13.0. The zero-order valence-electron chi connectivity index (χ0n) is 24.5. The van der Waals surface area contributed by atoms with E-state index in [0.29, 0.717) is 24.5 Å². The van der Waals surface area contributed by atoms with Gasteiger partial charge >= 0.3 is 5.97 Å². The highest BCUT2D eigenvalue weighted by Gasteiger charge is 2.43. The molecule has 230 valence electrons. The second kappa shape index (κ2) is 12.2. The van der Waals surface area contributed by atoms with Gasteiger partial charge in [-0.25, -0.2) is 23.2 Å². The number of benzene rings is 2. The number of anilines is 1. The number of imidazole rings is 1. The average molecular weight is 657 g/mol. The van der Waals surface area contributed by atoms with Crippen LogP contribution in [0.3, 0.4) is 0 Å². The van der Waals surface area contributed by atoms with Crippen LogP contribution >= 0.6 is 23.2 Å². The Bertz CT molecular complexity index is 1930. The zero-order valence-corrected chi connectivity index (χ0v) is 26.8. The minimum atomic E-state index is -4.44. The molecule has 0 aliphatic rings. The van der Waals surface area contributed by atoms with Crippen molar-refractivity contribution in [2.45, 2.75) is 45.4 Å². The van der Waals surface area contributed by atoms with E-state index in [4.69, 9.17) is 27.9 Å². The second-order valence-electron chi connectivity index (χ2n) is 11.2. The minimum Gasteiger partial charge on any atom is -0.480 e. The lowest BCUT2D eigenvalue weighted by Gasteiger charge is -2.37. The average Bonchev–Trinajstić information content (AvgIpc) is 3.60. The van der Waals surface area contributed by atoms with Gasteiger partial charge < -0.3 is 19.0 Å². The molecule has 0 saturated carbocycles. The summed E-state index contributed by atoms with van der Waals surface area (Å²) in [7, 11) is -4.44. The number of halogens is 2. The highest BCUT2D eigenvalue weighted by Crippen LogP contribution is 2.37. The first-order valence-corrected chi connectivity index (χ1v) is 15.9. The topological polar surface area (TPSA) is 120 Å². The maximum atomic E-state index is 14.1. The third kappa shape index (κ3) is 6.18. The summed E-state index contributed by atoms with van der Waals surface area (Å²) in [6.07, 6.45) is 7.06. The van der Waals surface area contributed by atoms with Crippen molar-refractivity contribution < 1.29 is 23.1 Å². The molecule has 13 heteroatoms. The van der Waals surface area contributed by atoms with Crippen LogP contribution in [-0.2, 0) is 26.3 Å². The van der Waals surface area contributed by atoms with Crippen LogP contribution in [0.2, 0.25) is 10.0 Å². The summed E-state index contributed by atoms with van der Waals surface area (Å²) in [6.45, 7) is 7.89. The van der Waals surface area contributed by atoms with Crippen molar-refractivity contribution in [2.24, 2.45) is 5.41 Å². The van der Waals surface area contributed by atoms with Crippen LogP contribution in [0.4, 0.5) is 5.69 Å². The second-order valence-corrected chi connectivity index (χ2v) is 13.9. The summed E-state index contributed by atoms with van der Waals surface area (Å²) in [5.74, 6) is 0.0487. The molecular weight excluding hydrogens is 625 g/mol. The van der Waals surface area contributed by atoms with Crippen LogP contribution in [0.5, 0.6) is 0 Å². The predicted octanol–water partition coefficient (Wildman–Crippen LogP) is 6.88. The Hall–Kier alpha value is -3.90. The van der Waals surface area contributed by atoms with Crippen molar-refractivity contribution in [1.29, 1.82) is 0 Å². The molecule has 0 spiro atoms. The number of carboxylic acid groups (broad SMARTS) is 1. The first-order chi connectivity index (χ1) is 20.8. The molecule has 0 aliphatic heterocycles. The van der Waals surface area contributed by atoms with E-state index in [1.807, 2.05) is 46.7 Å². The van der Waals surface area contributed by atoms with Crippen molar-refractivity contribution in [3.63, 3.8) is 0 Å². The number of carboxylic acids is 1. The fourth-order valence-corrected chi connectivity index (χ4v) is 7.57. The number of ether oxygens (including phenoxy) is 1. The van der Waals surface area contributed by atoms with Gasteiger partial charge in [0, 0.05) is 52.4 Å². The molecule has 3 heterocycles. The Morgan fingerprint density at radius 2 is 1.73 bits per heavy atom. The van der Waals surface area contributed by atoms with Gasteiger partial charge in [0.05, 0.1) is 16.1 Å². The molecule has 1 unspecified atom stereocenters. The van der Waals surface area contributed by atoms with Crippen LogP contribution in [0.25, 0.3) is 28.1 Å². The number of hydrogen-bond donors (Lipinski definition) is 1. The Morgan fingerprint density at radius 3 is 2.39 bits per heavy atom. The Labute approximate surface area is 265 Å². The molecule has 0 amide bonds. The molecule has 44 heavy (non-hydrogen) atoms. The van der Waals surface area contributed by atoms with Gasteiger partial charge in [-0.15, -0.1) is 0 Å². The highest BCUT2D eigenvalue weighted by molar-refractivity contribution is 7.93. The van der Waals surface area contributed by atoms with Crippen LogP contribution in [-0.4, -0.2) is 51.2 Å². The maximum absolute atomic E-state index is 14.1. The number of carbonyl (C=O) groups is 1. The molecule has 0 bridgehead atoms. The predicted molar refractivity (Wildman–Crippen MR) is 171 cm³/mol. The minimum absolute atomic E-state index is 0.112. The largest absolute Gasteiger partial charge is 0.480 e. The number of hydrogen-bond acceptors (Lipinski definition) is 6. The summed E-state index contributed by atoms with van der Waals surface area (Å²) in [4.78, 5) is 21.5. The Morgan fingerprint density at radius 1 is 1.00 bits per heavy atom. The maximum Gasteiger partial charge on any atom is 0.328 e. The van der Waals surface area contributed by atoms with Crippen molar-refractivity contribution in [3.8, 4) is 17.2 Å². The summed E-state index contributed by atoms with van der Waals surface area (Å²) in [5.41, 5.74) is 0.765. The van der Waals surface area contributed by atoms with E-state index in [9.17, 15) is 18.3 Å². The van der Waals surface area contributed by atoms with E-state index in [2.05, 4.69) is 9.97 Å². The molecule has 0 fully saturated rings. The summed E-state index contributed by atoms with van der Waals surface area (Å²) >= 11 is 12.3. The molecule has 1 N–H and O–H groups in total. The van der Waals surface area contributed by atoms with Crippen molar-refractivity contribution in [1.82, 2.24) is 19.1 Å². The molecule has 0 saturated heterocycles. The molecule has 5 aromatic rings. The number of aromatic nitrogens is 4. The smallest absolute Gasteiger partial charge is 0.328 e. The monoisotopic (exact) mass is 655 g/mol. The van der Waals surface area contributed by atoms with Gasteiger partial charge in [0.1, 0.15) is 24.4 Å². The normalized spacial score (nSPS) is 12.9. The van der Waals surface area contributed by atoms with Gasteiger partial charge in [-0.1, -0.05) is 44.0 Å². The number of sulfonamides is 1. The fraction of sp³-hybridized carbons (Fsp3) is 0.258. The van der Waals surface area contributed by atoms with Crippen molar-refractivity contribution in [2.75, 3.05) is 10.9 Å². The molecule has 3 aromatic heterocycles. The molecule has 2 aromatic carbocycles. The molecule has 10 nitrogen and oxygen atoms in total. The lowest BCUT2D eigenvalue weighted by molar-refractivity contribution is -0.140. The number of pyridine rings is 1. The number of fused-ring (bicyclic) bond motifs is 1. The van der Waals surface area contributed by atoms with E-state index in [1.54, 1.807) is 51.4 Å². The lowest BCUT2D eigenvalue weighted by Crippen LogP contribution is -2.52. The van der Waals surface area contributed by atoms with E-state index >= 15 is 0 Å². The van der Waals surface area contributed by atoms with E-state index < -0.39 is 27.4 Å². The van der Waals surface area contributed by atoms with E-state index in [-0.39, 0.29) is 20.6 Å². The summed E-state index contributed by atoms with van der Waals surface area (Å²) < 4.78 is 38.6. The first-order valence-electron chi connectivity index (χ1n) is 13.7. The standard InChI is InChI=1S/C31H31Cl2N5O5S/c1-5-43-19-36-13-11-35-29(36)21-8-10-34-27(15-21)37-12-9-20-14-24(6-7-26(20)37)38(28(30(39)40)31(2,3)4)44(41,42)25-17-22(32)16-23(33)18-25/h6-18,28H,5,19H2,1-4H3,(H,39,40). The van der Waals surface area contributed by atoms with E-state index in [0.717, 1.165) is 21.2 Å². The summed E-state index contributed by atoms with van der Waals surface area (Å²) in [5, 5.41) is 11.2. The van der Waals surface area contributed by atoms with Gasteiger partial charge in [-0.05, 0) is 66.9 Å². The van der Waals surface area contributed by atoms with Gasteiger partial charge in [0.15, 0.2) is 0 Å². The Kier molecular flexibility index (Phi) is 8.77. The molecule has 0 aliphatic carbocycles.